The van der Waals surface area contributed by atoms with Crippen molar-refractivity contribution in [1.82, 2.24) is 4.98 Å². The first kappa shape index (κ1) is 17.9. The van der Waals surface area contributed by atoms with Crippen molar-refractivity contribution in [2.45, 2.75) is 40.0 Å². The minimum absolute atomic E-state index is 0.179. The molecule has 0 fully saturated rings. The zero-order valence-corrected chi connectivity index (χ0v) is 17.4. The van der Waals surface area contributed by atoms with Crippen LogP contribution in [0.1, 0.15) is 37.5 Å². The van der Waals surface area contributed by atoms with Gasteiger partial charge in [0.25, 0.3) is 0 Å². The Balaban J connectivity index is 1.81. The van der Waals surface area contributed by atoms with Gasteiger partial charge in [0, 0.05) is 16.6 Å². The van der Waals surface area contributed by atoms with Gasteiger partial charge in [-0.1, -0.05) is 62.2 Å². The maximum atomic E-state index is 4.72. The third-order valence-electron chi connectivity index (χ3n) is 4.96. The van der Waals surface area contributed by atoms with Crippen LogP contribution in [0.2, 0.25) is 0 Å². The Labute approximate surface area is 165 Å². The van der Waals surface area contributed by atoms with Gasteiger partial charge >= 0.3 is 0 Å². The number of hydrogen-bond acceptors (Lipinski definition) is 2. The Morgan fingerprint density at radius 1 is 0.778 bits per heavy atom. The fraction of sp³-hybridized carbons (Fsp3) is 0.240. The van der Waals surface area contributed by atoms with Gasteiger partial charge in [-0.2, -0.15) is 0 Å². The molecule has 0 amide bonds. The summed E-state index contributed by atoms with van der Waals surface area (Å²) in [6.07, 6.45) is 1.93. The summed E-state index contributed by atoms with van der Waals surface area (Å²) in [4.78, 5) is 6.02. The number of hydrogen-bond donors (Lipinski definition) is 0. The van der Waals surface area contributed by atoms with Gasteiger partial charge in [0.2, 0.25) is 0 Å². The van der Waals surface area contributed by atoms with Crippen LogP contribution in [-0.2, 0) is 5.41 Å². The minimum atomic E-state index is 0.179. The van der Waals surface area contributed by atoms with Crippen molar-refractivity contribution in [2.75, 3.05) is 0 Å². The van der Waals surface area contributed by atoms with Gasteiger partial charge in [-0.25, -0.2) is 0 Å². The van der Waals surface area contributed by atoms with E-state index >= 15 is 0 Å². The SMILES string of the molecule is Cc1cc(C)cc(-c2nccc3cc(-c4ccc(C(C)(C)C)cc4)sc23)c1. The lowest BCUT2D eigenvalue weighted by molar-refractivity contribution is 0.590. The van der Waals surface area contributed by atoms with E-state index in [0.717, 1.165) is 5.69 Å². The molecule has 0 bridgehead atoms. The molecule has 4 rings (SSSR count). The molecule has 2 aromatic carbocycles. The number of thiophene rings is 1. The van der Waals surface area contributed by atoms with E-state index in [0.29, 0.717) is 0 Å². The molecule has 0 saturated heterocycles. The molecule has 0 atom stereocenters. The second kappa shape index (κ2) is 6.61. The molecular formula is C25H25NS. The predicted octanol–water partition coefficient (Wildman–Crippen LogP) is 7.54. The largest absolute Gasteiger partial charge is 0.255 e. The van der Waals surface area contributed by atoms with Crippen LogP contribution in [0.25, 0.3) is 31.8 Å². The summed E-state index contributed by atoms with van der Waals surface area (Å²) in [7, 11) is 0. The maximum Gasteiger partial charge on any atom is 0.0880 e. The summed E-state index contributed by atoms with van der Waals surface area (Å²) in [6.45, 7) is 11.1. The number of aromatic nitrogens is 1. The molecule has 0 aliphatic rings. The number of aryl methyl sites for hydroxylation is 2. The summed E-state index contributed by atoms with van der Waals surface area (Å²) in [5, 5.41) is 1.26. The molecule has 1 nitrogen and oxygen atoms in total. The maximum absolute atomic E-state index is 4.72. The van der Waals surface area contributed by atoms with Gasteiger partial charge in [-0.05, 0) is 60.0 Å². The van der Waals surface area contributed by atoms with E-state index < -0.39 is 0 Å². The quantitative estimate of drug-likeness (QED) is 0.354. The molecule has 0 radical (unpaired) electrons. The molecule has 0 aliphatic heterocycles. The molecule has 0 aliphatic carbocycles. The van der Waals surface area contributed by atoms with E-state index in [1.807, 2.05) is 17.5 Å². The first-order valence-corrected chi connectivity index (χ1v) is 10.2. The van der Waals surface area contributed by atoms with Crippen molar-refractivity contribution in [3.63, 3.8) is 0 Å². The molecule has 2 aromatic heterocycles. The second-order valence-electron chi connectivity index (χ2n) is 8.39. The molecule has 0 unspecified atom stereocenters. The molecule has 27 heavy (non-hydrogen) atoms. The van der Waals surface area contributed by atoms with Crippen LogP contribution in [0.4, 0.5) is 0 Å². The van der Waals surface area contributed by atoms with Gasteiger partial charge in [0.05, 0.1) is 10.4 Å². The standard InChI is InChI=1S/C25H25NS/c1-16-12-17(2)14-20(13-16)23-24-19(10-11-26-23)15-22(27-24)18-6-8-21(9-7-18)25(3,4)5/h6-15H,1-5H3. The highest BCUT2D eigenvalue weighted by atomic mass is 32.1. The van der Waals surface area contributed by atoms with Crippen LogP contribution in [0, 0.1) is 13.8 Å². The van der Waals surface area contributed by atoms with E-state index in [-0.39, 0.29) is 5.41 Å². The summed E-state index contributed by atoms with van der Waals surface area (Å²) < 4.78 is 1.26. The molecular weight excluding hydrogens is 346 g/mol. The van der Waals surface area contributed by atoms with E-state index in [2.05, 4.69) is 89.2 Å². The van der Waals surface area contributed by atoms with Crippen molar-refractivity contribution < 1.29 is 0 Å². The number of benzene rings is 2. The fourth-order valence-corrected chi connectivity index (χ4v) is 4.73. The Morgan fingerprint density at radius 3 is 2.07 bits per heavy atom. The van der Waals surface area contributed by atoms with Gasteiger partial charge in [-0.3, -0.25) is 4.98 Å². The Morgan fingerprint density at radius 2 is 1.44 bits per heavy atom. The second-order valence-corrected chi connectivity index (χ2v) is 9.44. The number of fused-ring (bicyclic) bond motifs is 1. The fourth-order valence-electron chi connectivity index (χ4n) is 3.56. The van der Waals surface area contributed by atoms with Gasteiger partial charge in [0.15, 0.2) is 0 Å². The zero-order chi connectivity index (χ0) is 19.2. The number of nitrogens with zero attached hydrogens (tertiary/aromatic N) is 1. The first-order valence-electron chi connectivity index (χ1n) is 9.39. The molecule has 0 N–H and O–H groups in total. The summed E-state index contributed by atoms with van der Waals surface area (Å²) in [5.41, 5.74) is 7.66. The topological polar surface area (TPSA) is 12.9 Å². The molecule has 4 aromatic rings. The smallest absolute Gasteiger partial charge is 0.0880 e. The molecule has 136 valence electrons. The van der Waals surface area contributed by atoms with E-state index in [9.17, 15) is 0 Å². The van der Waals surface area contributed by atoms with E-state index in [4.69, 9.17) is 4.98 Å². The summed E-state index contributed by atoms with van der Waals surface area (Å²) in [5.74, 6) is 0. The number of rotatable bonds is 2. The van der Waals surface area contributed by atoms with Crippen LogP contribution in [-0.4, -0.2) is 4.98 Å². The first-order chi connectivity index (χ1) is 12.8. The Hall–Kier alpha value is -2.45. The van der Waals surface area contributed by atoms with Gasteiger partial charge in [-0.15, -0.1) is 11.3 Å². The van der Waals surface area contributed by atoms with Crippen molar-refractivity contribution in [3.8, 4) is 21.7 Å². The van der Waals surface area contributed by atoms with Crippen LogP contribution in [0.15, 0.2) is 60.8 Å². The third kappa shape index (κ3) is 3.54. The van der Waals surface area contributed by atoms with Crippen LogP contribution in [0.5, 0.6) is 0 Å². The van der Waals surface area contributed by atoms with Gasteiger partial charge in [0.1, 0.15) is 0 Å². The monoisotopic (exact) mass is 371 g/mol. The highest BCUT2D eigenvalue weighted by Crippen LogP contribution is 2.39. The minimum Gasteiger partial charge on any atom is -0.255 e. The van der Waals surface area contributed by atoms with Crippen molar-refractivity contribution in [1.29, 1.82) is 0 Å². The lowest BCUT2D eigenvalue weighted by atomic mass is 9.86. The van der Waals surface area contributed by atoms with E-state index in [1.165, 1.54) is 42.8 Å². The number of pyridine rings is 1. The highest BCUT2D eigenvalue weighted by molar-refractivity contribution is 7.22. The van der Waals surface area contributed by atoms with Crippen LogP contribution in [0.3, 0.4) is 0 Å². The normalized spacial score (nSPS) is 11.9. The molecule has 0 saturated carbocycles. The summed E-state index contributed by atoms with van der Waals surface area (Å²) >= 11 is 1.83. The average Bonchev–Trinajstić information content (AvgIpc) is 3.04. The lowest BCUT2D eigenvalue weighted by Gasteiger charge is -2.18. The lowest BCUT2D eigenvalue weighted by Crippen LogP contribution is -2.10. The van der Waals surface area contributed by atoms with Crippen molar-refractivity contribution in [2.24, 2.45) is 0 Å². The molecule has 2 heterocycles. The Bertz CT molecular complexity index is 1090. The van der Waals surface area contributed by atoms with Crippen molar-refractivity contribution >= 4 is 21.4 Å². The van der Waals surface area contributed by atoms with Crippen LogP contribution < -0.4 is 0 Å². The average molecular weight is 372 g/mol. The predicted molar refractivity (Wildman–Crippen MR) is 119 cm³/mol. The zero-order valence-electron chi connectivity index (χ0n) is 16.6. The van der Waals surface area contributed by atoms with Crippen LogP contribution >= 0.6 is 11.3 Å². The highest BCUT2D eigenvalue weighted by Gasteiger charge is 2.15. The molecule has 0 spiro atoms. The van der Waals surface area contributed by atoms with Gasteiger partial charge < -0.3 is 0 Å². The summed E-state index contributed by atoms with van der Waals surface area (Å²) in [6, 6.07) is 20.1. The molecule has 2 heteroatoms. The third-order valence-corrected chi connectivity index (χ3v) is 6.17. The van der Waals surface area contributed by atoms with E-state index in [1.54, 1.807) is 0 Å². The van der Waals surface area contributed by atoms with Crippen molar-refractivity contribution in [3.05, 3.63) is 77.5 Å². The Kier molecular flexibility index (Phi) is 4.39.